The van der Waals surface area contributed by atoms with Crippen molar-refractivity contribution in [2.24, 2.45) is 0 Å². The zero-order valence-electron chi connectivity index (χ0n) is 12.4. The Hall–Kier alpha value is -2.08. The Morgan fingerprint density at radius 2 is 2.19 bits per heavy atom. The van der Waals surface area contributed by atoms with Crippen molar-refractivity contribution in [1.29, 1.82) is 0 Å². The number of para-hydroxylation sites is 2. The van der Waals surface area contributed by atoms with Gasteiger partial charge in [-0.3, -0.25) is 9.59 Å². The minimum Gasteiger partial charge on any atom is -0.495 e. The van der Waals surface area contributed by atoms with E-state index in [1.807, 2.05) is 12.1 Å². The number of carbonyl (C=O) groups excluding carboxylic acids is 2. The molecule has 114 valence electrons. The highest BCUT2D eigenvalue weighted by Gasteiger charge is 2.22. The number of piperidine rings is 1. The molecule has 1 aromatic carbocycles. The van der Waals surface area contributed by atoms with Crippen LogP contribution in [0.3, 0.4) is 0 Å². The number of methoxy groups -OCH3 is 1. The van der Waals surface area contributed by atoms with E-state index in [2.05, 4.69) is 10.6 Å². The van der Waals surface area contributed by atoms with E-state index in [9.17, 15) is 9.59 Å². The average Bonchev–Trinajstić information content (AvgIpc) is 2.49. The zero-order chi connectivity index (χ0) is 15.2. The summed E-state index contributed by atoms with van der Waals surface area (Å²) < 4.78 is 5.19. The number of nitrogens with zero attached hydrogens (tertiary/aromatic N) is 1. The van der Waals surface area contributed by atoms with E-state index in [-0.39, 0.29) is 24.4 Å². The number of amides is 2. The number of likely N-dealkylation sites (N-methyl/N-ethyl adjacent to an activating group) is 1. The summed E-state index contributed by atoms with van der Waals surface area (Å²) in [7, 11) is 3.35. The molecule has 6 heteroatoms. The van der Waals surface area contributed by atoms with E-state index in [0.717, 1.165) is 6.42 Å². The van der Waals surface area contributed by atoms with Crippen LogP contribution in [0, 0.1) is 0 Å². The number of anilines is 1. The van der Waals surface area contributed by atoms with Crippen LogP contribution >= 0.6 is 0 Å². The minimum absolute atomic E-state index is 0.126. The van der Waals surface area contributed by atoms with Gasteiger partial charge in [0, 0.05) is 26.1 Å². The standard InChI is InChI=1S/C15H21N3O3/c1-18-10-11(7-8-15(18)20)16-9-14(19)17-12-5-3-4-6-13(12)21-2/h3-6,11,16H,7-10H2,1-2H3,(H,17,19). The third kappa shape index (κ3) is 4.19. The van der Waals surface area contributed by atoms with Gasteiger partial charge < -0.3 is 20.3 Å². The molecular formula is C15H21N3O3. The van der Waals surface area contributed by atoms with Crippen LogP contribution in [-0.4, -0.2) is 50.0 Å². The molecule has 2 N–H and O–H groups in total. The fourth-order valence-electron chi connectivity index (χ4n) is 2.36. The lowest BCUT2D eigenvalue weighted by molar-refractivity contribution is -0.132. The van der Waals surface area contributed by atoms with Gasteiger partial charge in [0.05, 0.1) is 19.3 Å². The number of rotatable bonds is 5. The molecule has 1 aliphatic heterocycles. The Morgan fingerprint density at radius 3 is 2.90 bits per heavy atom. The quantitative estimate of drug-likeness (QED) is 0.843. The Balaban J connectivity index is 1.81. The van der Waals surface area contributed by atoms with Gasteiger partial charge >= 0.3 is 0 Å². The van der Waals surface area contributed by atoms with Gasteiger partial charge in [-0.2, -0.15) is 0 Å². The summed E-state index contributed by atoms with van der Waals surface area (Å²) in [6, 6.07) is 7.44. The van der Waals surface area contributed by atoms with E-state index in [4.69, 9.17) is 4.74 Å². The molecule has 1 heterocycles. The van der Waals surface area contributed by atoms with Gasteiger partial charge in [-0.1, -0.05) is 12.1 Å². The van der Waals surface area contributed by atoms with Crippen molar-refractivity contribution >= 4 is 17.5 Å². The van der Waals surface area contributed by atoms with Crippen molar-refractivity contribution in [3.05, 3.63) is 24.3 Å². The Morgan fingerprint density at radius 1 is 1.43 bits per heavy atom. The molecule has 1 aromatic rings. The number of nitrogens with one attached hydrogen (secondary N) is 2. The lowest BCUT2D eigenvalue weighted by Gasteiger charge is -2.30. The normalized spacial score (nSPS) is 18.5. The molecular weight excluding hydrogens is 270 g/mol. The maximum Gasteiger partial charge on any atom is 0.238 e. The van der Waals surface area contributed by atoms with Crippen LogP contribution in [0.1, 0.15) is 12.8 Å². The second-order valence-electron chi connectivity index (χ2n) is 5.14. The highest BCUT2D eigenvalue weighted by atomic mass is 16.5. The first kappa shape index (κ1) is 15.3. The first-order valence-electron chi connectivity index (χ1n) is 7.00. The number of hydrogen-bond acceptors (Lipinski definition) is 4. The van der Waals surface area contributed by atoms with Crippen LogP contribution in [0.4, 0.5) is 5.69 Å². The lowest BCUT2D eigenvalue weighted by atomic mass is 10.1. The number of carbonyl (C=O) groups is 2. The van der Waals surface area contributed by atoms with Gasteiger partial charge in [0.1, 0.15) is 5.75 Å². The SMILES string of the molecule is COc1ccccc1NC(=O)CNC1CCC(=O)N(C)C1. The van der Waals surface area contributed by atoms with Crippen LogP contribution in [-0.2, 0) is 9.59 Å². The molecule has 1 aliphatic rings. The molecule has 6 nitrogen and oxygen atoms in total. The first-order valence-corrected chi connectivity index (χ1v) is 7.00. The zero-order valence-corrected chi connectivity index (χ0v) is 12.4. The van der Waals surface area contributed by atoms with Crippen molar-refractivity contribution < 1.29 is 14.3 Å². The van der Waals surface area contributed by atoms with Crippen molar-refractivity contribution in [3.63, 3.8) is 0 Å². The summed E-state index contributed by atoms with van der Waals surface area (Å²) in [4.78, 5) is 25.0. The van der Waals surface area contributed by atoms with Crippen LogP contribution in [0.25, 0.3) is 0 Å². The van der Waals surface area contributed by atoms with E-state index in [0.29, 0.717) is 24.4 Å². The largest absolute Gasteiger partial charge is 0.495 e. The summed E-state index contributed by atoms with van der Waals surface area (Å²) in [6.07, 6.45) is 1.30. The third-order valence-corrected chi connectivity index (χ3v) is 3.56. The van der Waals surface area contributed by atoms with Crippen LogP contribution < -0.4 is 15.4 Å². The molecule has 0 radical (unpaired) electrons. The fourth-order valence-corrected chi connectivity index (χ4v) is 2.36. The van der Waals surface area contributed by atoms with E-state index < -0.39 is 0 Å². The fraction of sp³-hybridized carbons (Fsp3) is 0.467. The molecule has 0 spiro atoms. The van der Waals surface area contributed by atoms with Gasteiger partial charge in [0.15, 0.2) is 0 Å². The first-order chi connectivity index (χ1) is 10.1. The van der Waals surface area contributed by atoms with Crippen LogP contribution in [0.5, 0.6) is 5.75 Å². The number of ether oxygens (including phenoxy) is 1. The van der Waals surface area contributed by atoms with Gasteiger partial charge in [0.2, 0.25) is 11.8 Å². The Labute approximate surface area is 124 Å². The van der Waals surface area contributed by atoms with Crippen molar-refractivity contribution in [1.82, 2.24) is 10.2 Å². The monoisotopic (exact) mass is 291 g/mol. The van der Waals surface area contributed by atoms with Crippen LogP contribution in [0.15, 0.2) is 24.3 Å². The topological polar surface area (TPSA) is 70.7 Å². The predicted octanol–water partition coefficient (Wildman–Crippen LogP) is 0.844. The molecule has 2 amide bonds. The highest BCUT2D eigenvalue weighted by Crippen LogP contribution is 2.22. The van der Waals surface area contributed by atoms with Gasteiger partial charge in [-0.25, -0.2) is 0 Å². The third-order valence-electron chi connectivity index (χ3n) is 3.56. The van der Waals surface area contributed by atoms with E-state index >= 15 is 0 Å². The second kappa shape index (κ2) is 7.08. The molecule has 2 rings (SSSR count). The van der Waals surface area contributed by atoms with Crippen molar-refractivity contribution in [3.8, 4) is 5.75 Å². The highest BCUT2D eigenvalue weighted by molar-refractivity contribution is 5.93. The van der Waals surface area contributed by atoms with Gasteiger partial charge in [0.25, 0.3) is 0 Å². The Kier molecular flexibility index (Phi) is 5.16. The smallest absolute Gasteiger partial charge is 0.238 e. The summed E-state index contributed by atoms with van der Waals surface area (Å²) >= 11 is 0. The van der Waals surface area contributed by atoms with Gasteiger partial charge in [-0.05, 0) is 18.6 Å². The molecule has 1 atom stereocenters. The number of likely N-dealkylation sites (tertiary alicyclic amines) is 1. The minimum atomic E-state index is -0.126. The van der Waals surface area contributed by atoms with Gasteiger partial charge in [-0.15, -0.1) is 0 Å². The lowest BCUT2D eigenvalue weighted by Crippen LogP contribution is -2.48. The number of benzene rings is 1. The molecule has 21 heavy (non-hydrogen) atoms. The van der Waals surface area contributed by atoms with E-state index in [1.165, 1.54) is 0 Å². The maximum absolute atomic E-state index is 12.0. The van der Waals surface area contributed by atoms with Crippen LogP contribution in [0.2, 0.25) is 0 Å². The molecule has 0 aromatic heterocycles. The molecule has 0 aliphatic carbocycles. The summed E-state index contributed by atoms with van der Waals surface area (Å²) in [6.45, 7) is 0.853. The van der Waals surface area contributed by atoms with Crippen molar-refractivity contribution in [2.75, 3.05) is 32.6 Å². The molecule has 1 saturated heterocycles. The van der Waals surface area contributed by atoms with E-state index in [1.54, 1.807) is 31.2 Å². The Bertz CT molecular complexity index is 519. The molecule has 1 fully saturated rings. The summed E-state index contributed by atoms with van der Waals surface area (Å²) in [5.74, 6) is 0.666. The second-order valence-corrected chi connectivity index (χ2v) is 5.14. The molecule has 0 saturated carbocycles. The molecule has 1 unspecified atom stereocenters. The predicted molar refractivity (Wildman–Crippen MR) is 80.3 cm³/mol. The average molecular weight is 291 g/mol. The maximum atomic E-state index is 12.0. The van der Waals surface area contributed by atoms with Crippen molar-refractivity contribution in [2.45, 2.75) is 18.9 Å². The summed E-state index contributed by atoms with van der Waals surface area (Å²) in [5, 5.41) is 6.00. The molecule has 0 bridgehead atoms. The number of hydrogen-bond donors (Lipinski definition) is 2. The summed E-state index contributed by atoms with van der Waals surface area (Å²) in [5.41, 5.74) is 0.655.